The van der Waals surface area contributed by atoms with E-state index in [0.717, 1.165) is 18.1 Å². The van der Waals surface area contributed by atoms with Crippen LogP contribution in [0.25, 0.3) is 0 Å². The third kappa shape index (κ3) is 6.41. The average Bonchev–Trinajstić information content (AvgIpc) is 2.58. The van der Waals surface area contributed by atoms with E-state index < -0.39 is 21.0 Å². The van der Waals surface area contributed by atoms with Gasteiger partial charge in [-0.3, -0.25) is 4.55 Å². The number of carbonyl (C=O) groups excluding carboxylic acids is 1. The van der Waals surface area contributed by atoms with Gasteiger partial charge >= 0.3 is 5.97 Å². The molecule has 2 aromatic rings. The Labute approximate surface area is 173 Å². The molecule has 0 saturated heterocycles. The Hall–Kier alpha value is -2.18. The Morgan fingerprint density at radius 3 is 2.00 bits per heavy atom. The first-order valence-electron chi connectivity index (χ1n) is 9.57. The molecule has 0 spiro atoms. The summed E-state index contributed by atoms with van der Waals surface area (Å²) in [6, 6.07) is 12.7. The molecule has 1 N–H and O–H groups in total. The van der Waals surface area contributed by atoms with E-state index in [1.54, 1.807) is 12.1 Å². The quantitative estimate of drug-likeness (QED) is 0.382. The molecule has 0 heterocycles. The Balaban J connectivity index is 2.26. The van der Waals surface area contributed by atoms with Gasteiger partial charge < -0.3 is 4.74 Å². The summed E-state index contributed by atoms with van der Waals surface area (Å²) < 4.78 is 37.6. The lowest BCUT2D eigenvalue weighted by molar-refractivity contribution is 0.0730. The molecule has 0 amide bonds. The third-order valence-corrected chi connectivity index (χ3v) is 5.65. The summed E-state index contributed by atoms with van der Waals surface area (Å²) in [6.45, 7) is 13.3. The molecule has 0 fully saturated rings. The van der Waals surface area contributed by atoms with Crippen molar-refractivity contribution in [3.05, 3.63) is 59.7 Å². The maximum absolute atomic E-state index is 12.4. The number of hydrogen-bond acceptors (Lipinski definition) is 4. The van der Waals surface area contributed by atoms with Gasteiger partial charge in [-0.1, -0.05) is 65.8 Å². The number of hydrogen-bond donors (Lipinski definition) is 1. The van der Waals surface area contributed by atoms with Crippen LogP contribution in [0.1, 0.15) is 69.8 Å². The first-order valence-corrected chi connectivity index (χ1v) is 11.0. The minimum Gasteiger partial charge on any atom is -0.423 e. The summed E-state index contributed by atoms with van der Waals surface area (Å²) in [7, 11) is -4.52. The number of carbonyl (C=O) groups is 1. The average molecular weight is 419 g/mol. The molecule has 0 aromatic heterocycles. The van der Waals surface area contributed by atoms with Crippen LogP contribution in [0.5, 0.6) is 5.75 Å². The topological polar surface area (TPSA) is 80.7 Å². The lowest BCUT2D eigenvalue weighted by Gasteiger charge is -2.36. The van der Waals surface area contributed by atoms with Crippen molar-refractivity contribution in [2.24, 2.45) is 10.8 Å². The molecular weight excluding hydrogens is 388 g/mol. The fourth-order valence-corrected chi connectivity index (χ4v) is 4.01. The molecule has 0 bridgehead atoms. The van der Waals surface area contributed by atoms with E-state index in [1.807, 2.05) is 12.1 Å². The largest absolute Gasteiger partial charge is 0.423 e. The van der Waals surface area contributed by atoms with E-state index >= 15 is 0 Å². The number of esters is 1. The van der Waals surface area contributed by atoms with Crippen LogP contribution in [-0.2, 0) is 10.1 Å². The lowest BCUT2D eigenvalue weighted by atomic mass is 9.69. The number of benzene rings is 2. The highest BCUT2D eigenvalue weighted by molar-refractivity contribution is 7.86. The molecule has 5 nitrogen and oxygen atoms in total. The van der Waals surface area contributed by atoms with E-state index in [1.165, 1.54) is 18.2 Å². The first kappa shape index (κ1) is 23.1. The summed E-state index contributed by atoms with van der Waals surface area (Å²) in [4.78, 5) is 12.0. The van der Waals surface area contributed by atoms with E-state index in [2.05, 4.69) is 41.5 Å². The van der Waals surface area contributed by atoms with Gasteiger partial charge in [-0.2, -0.15) is 8.42 Å². The maximum Gasteiger partial charge on any atom is 0.344 e. The second-order valence-electron chi connectivity index (χ2n) is 9.61. The predicted molar refractivity (Wildman–Crippen MR) is 114 cm³/mol. The fraction of sp³-hybridized carbons (Fsp3) is 0.435. The molecule has 0 aliphatic heterocycles. The summed E-state index contributed by atoms with van der Waals surface area (Å²) in [5.74, 6) is -0.201. The Kier molecular flexibility index (Phi) is 6.60. The van der Waals surface area contributed by atoms with Gasteiger partial charge in [-0.05, 0) is 53.0 Å². The van der Waals surface area contributed by atoms with Gasteiger partial charge in [-0.25, -0.2) is 4.79 Å². The zero-order valence-corrected chi connectivity index (χ0v) is 18.7. The molecule has 0 aliphatic rings. The summed E-state index contributed by atoms with van der Waals surface area (Å²) in [6.07, 6.45) is 1.01. The van der Waals surface area contributed by atoms with Gasteiger partial charge in [0, 0.05) is 0 Å². The van der Waals surface area contributed by atoms with Gasteiger partial charge in [0.15, 0.2) is 0 Å². The van der Waals surface area contributed by atoms with Crippen molar-refractivity contribution in [2.75, 3.05) is 0 Å². The molecular formula is C23H30O5S. The monoisotopic (exact) mass is 418 g/mol. The number of ether oxygens (including phenoxy) is 1. The van der Waals surface area contributed by atoms with E-state index in [0.29, 0.717) is 11.7 Å². The summed E-state index contributed by atoms with van der Waals surface area (Å²) in [5.41, 5.74) is 1.19. The van der Waals surface area contributed by atoms with Crippen molar-refractivity contribution >= 4 is 16.1 Å². The Bertz CT molecular complexity index is 962. The van der Waals surface area contributed by atoms with Crippen molar-refractivity contribution in [1.82, 2.24) is 0 Å². The lowest BCUT2D eigenvalue weighted by Crippen LogP contribution is -2.23. The highest BCUT2D eigenvalue weighted by Gasteiger charge is 2.30. The zero-order chi connectivity index (χ0) is 22.0. The highest BCUT2D eigenvalue weighted by atomic mass is 32.2. The fourth-order valence-electron chi connectivity index (χ4n) is 3.33. The first-order chi connectivity index (χ1) is 13.2. The molecule has 1 atom stereocenters. The van der Waals surface area contributed by atoms with Gasteiger partial charge in [0.1, 0.15) is 10.6 Å². The van der Waals surface area contributed by atoms with Crippen molar-refractivity contribution < 1.29 is 22.5 Å². The second-order valence-corrected chi connectivity index (χ2v) is 11.0. The van der Waals surface area contributed by atoms with Gasteiger partial charge in [0.2, 0.25) is 0 Å². The minimum atomic E-state index is -4.52. The zero-order valence-electron chi connectivity index (χ0n) is 17.9. The predicted octanol–water partition coefficient (Wildman–Crippen LogP) is 5.72. The molecule has 0 aliphatic carbocycles. The van der Waals surface area contributed by atoms with E-state index in [4.69, 9.17) is 4.74 Å². The van der Waals surface area contributed by atoms with Crippen LogP contribution in [0, 0.1) is 10.8 Å². The van der Waals surface area contributed by atoms with E-state index in [9.17, 15) is 17.8 Å². The van der Waals surface area contributed by atoms with Crippen LogP contribution in [0.2, 0.25) is 0 Å². The molecule has 2 aromatic carbocycles. The van der Waals surface area contributed by atoms with Crippen molar-refractivity contribution in [3.8, 4) is 5.75 Å². The molecule has 0 radical (unpaired) electrons. The molecule has 0 saturated carbocycles. The van der Waals surface area contributed by atoms with Gasteiger partial charge in [0.25, 0.3) is 10.1 Å². The van der Waals surface area contributed by atoms with Gasteiger partial charge in [0.05, 0.1) is 5.56 Å². The van der Waals surface area contributed by atoms with Crippen molar-refractivity contribution in [1.29, 1.82) is 0 Å². The number of rotatable bonds is 5. The minimum absolute atomic E-state index is 0.0693. The van der Waals surface area contributed by atoms with Crippen LogP contribution in [-0.4, -0.2) is 18.9 Å². The highest BCUT2D eigenvalue weighted by Crippen LogP contribution is 2.43. The maximum atomic E-state index is 12.4. The molecule has 6 heteroatoms. The van der Waals surface area contributed by atoms with Crippen LogP contribution < -0.4 is 4.74 Å². The molecule has 158 valence electrons. The second kappa shape index (κ2) is 8.28. The van der Waals surface area contributed by atoms with Crippen molar-refractivity contribution in [2.45, 2.75) is 58.8 Å². The Morgan fingerprint density at radius 2 is 1.52 bits per heavy atom. The van der Waals surface area contributed by atoms with E-state index in [-0.39, 0.29) is 16.4 Å². The standard InChI is InChI=1S/C23H30O5S/c1-22(2,3)15-19(23(4,5)6)16-11-13-17(14-12-16)28-21(24)18-9-7-8-10-20(18)29(25,26)27/h7-14,19H,15H2,1-6H3,(H,25,26,27). The third-order valence-electron chi connectivity index (χ3n) is 4.74. The Morgan fingerprint density at radius 1 is 0.966 bits per heavy atom. The smallest absolute Gasteiger partial charge is 0.344 e. The van der Waals surface area contributed by atoms with Crippen LogP contribution in [0.4, 0.5) is 0 Å². The van der Waals surface area contributed by atoms with Crippen LogP contribution >= 0.6 is 0 Å². The molecule has 2 rings (SSSR count). The van der Waals surface area contributed by atoms with Crippen molar-refractivity contribution in [3.63, 3.8) is 0 Å². The van der Waals surface area contributed by atoms with Gasteiger partial charge in [-0.15, -0.1) is 0 Å². The van der Waals surface area contributed by atoms with Crippen LogP contribution in [0.3, 0.4) is 0 Å². The van der Waals surface area contributed by atoms with Crippen LogP contribution in [0.15, 0.2) is 53.4 Å². The molecule has 29 heavy (non-hydrogen) atoms. The summed E-state index contributed by atoms with van der Waals surface area (Å²) >= 11 is 0. The summed E-state index contributed by atoms with van der Waals surface area (Å²) in [5, 5.41) is 0. The molecule has 1 unspecified atom stereocenters. The SMILES string of the molecule is CC(C)(C)CC(c1ccc(OC(=O)c2ccccc2S(=O)(=O)O)cc1)C(C)(C)C. The normalized spacial score (nSPS) is 13.8.